The van der Waals surface area contributed by atoms with Crippen LogP contribution in [0.15, 0.2) is 49.1 Å². The first-order chi connectivity index (χ1) is 13.5. The molecule has 2 fully saturated rings. The number of nitrogens with zero attached hydrogens (tertiary/aromatic N) is 4. The molecular weight excluding hydrogens is 350 g/mol. The van der Waals surface area contributed by atoms with E-state index in [1.165, 1.54) is 11.9 Å². The summed E-state index contributed by atoms with van der Waals surface area (Å²) in [6.07, 6.45) is 10.1. The van der Waals surface area contributed by atoms with Crippen LogP contribution in [0.3, 0.4) is 0 Å². The van der Waals surface area contributed by atoms with Gasteiger partial charge in [-0.15, -0.1) is 0 Å². The molecule has 28 heavy (non-hydrogen) atoms. The van der Waals surface area contributed by atoms with Gasteiger partial charge < -0.3 is 10.2 Å². The topological polar surface area (TPSA) is 61.4 Å². The van der Waals surface area contributed by atoms with Gasteiger partial charge in [-0.3, -0.25) is 4.90 Å². The Hall–Kier alpha value is -2.47. The van der Waals surface area contributed by atoms with Gasteiger partial charge in [-0.2, -0.15) is 0 Å². The van der Waals surface area contributed by atoms with Gasteiger partial charge in [0.05, 0.1) is 5.54 Å². The van der Waals surface area contributed by atoms with E-state index < -0.39 is 0 Å². The predicted molar refractivity (Wildman–Crippen MR) is 109 cm³/mol. The van der Waals surface area contributed by atoms with E-state index in [2.05, 4.69) is 64.6 Å². The maximum atomic E-state index is 12.6. The molecule has 6 heteroatoms. The lowest BCUT2D eigenvalue weighted by atomic mass is 9.69. The Labute approximate surface area is 167 Å². The molecular formula is C22H29N5O. The monoisotopic (exact) mass is 379 g/mol. The van der Waals surface area contributed by atoms with Crippen LogP contribution in [0.2, 0.25) is 0 Å². The molecule has 2 heterocycles. The van der Waals surface area contributed by atoms with Crippen molar-refractivity contribution < 1.29 is 4.79 Å². The zero-order valence-electron chi connectivity index (χ0n) is 16.8. The summed E-state index contributed by atoms with van der Waals surface area (Å²) in [7, 11) is 4.35. The molecule has 4 rings (SSSR count). The highest BCUT2D eigenvalue weighted by atomic mass is 16.2. The zero-order chi connectivity index (χ0) is 19.6. The summed E-state index contributed by atoms with van der Waals surface area (Å²) in [6, 6.07) is 10.9. The van der Waals surface area contributed by atoms with E-state index >= 15 is 0 Å². The van der Waals surface area contributed by atoms with E-state index in [9.17, 15) is 4.79 Å². The van der Waals surface area contributed by atoms with Crippen LogP contribution in [0.5, 0.6) is 0 Å². The molecule has 1 spiro atoms. The van der Waals surface area contributed by atoms with Crippen molar-refractivity contribution in [2.24, 2.45) is 0 Å². The van der Waals surface area contributed by atoms with Crippen molar-refractivity contribution in [2.45, 2.75) is 43.2 Å². The first kappa shape index (κ1) is 18.9. The second-order valence-corrected chi connectivity index (χ2v) is 8.42. The summed E-state index contributed by atoms with van der Waals surface area (Å²) in [6.45, 7) is 1.50. The Morgan fingerprint density at radius 1 is 1.07 bits per heavy atom. The molecule has 2 amide bonds. The number of carbonyl (C=O) groups excluding carboxylic acids is 1. The summed E-state index contributed by atoms with van der Waals surface area (Å²) in [5, 5.41) is 3.32. The normalized spacial score (nSPS) is 27.4. The van der Waals surface area contributed by atoms with Gasteiger partial charge >= 0.3 is 6.03 Å². The minimum absolute atomic E-state index is 0.0477. The van der Waals surface area contributed by atoms with Gasteiger partial charge in [-0.05, 0) is 57.3 Å². The molecule has 0 bridgehead atoms. The van der Waals surface area contributed by atoms with Gasteiger partial charge in [0.25, 0.3) is 0 Å². The lowest BCUT2D eigenvalue weighted by Crippen LogP contribution is -2.54. The molecule has 0 atom stereocenters. The number of nitrogens with one attached hydrogen (secondary N) is 1. The number of hydrogen-bond acceptors (Lipinski definition) is 4. The number of urea groups is 1. The van der Waals surface area contributed by atoms with Gasteiger partial charge in [0.15, 0.2) is 0 Å². The van der Waals surface area contributed by atoms with Crippen LogP contribution in [-0.4, -0.2) is 58.5 Å². The van der Waals surface area contributed by atoms with Crippen LogP contribution >= 0.6 is 0 Å². The van der Waals surface area contributed by atoms with Crippen molar-refractivity contribution >= 4 is 6.03 Å². The number of hydrogen-bond donors (Lipinski definition) is 1. The van der Waals surface area contributed by atoms with Crippen molar-refractivity contribution in [3.63, 3.8) is 0 Å². The molecule has 1 aliphatic heterocycles. The molecule has 2 aromatic rings. The van der Waals surface area contributed by atoms with Gasteiger partial charge in [0.1, 0.15) is 6.33 Å². The van der Waals surface area contributed by atoms with Gasteiger partial charge in [-0.25, -0.2) is 14.8 Å². The second-order valence-electron chi connectivity index (χ2n) is 8.42. The van der Waals surface area contributed by atoms with Crippen LogP contribution in [-0.2, 0) is 12.0 Å². The SMILES string of the molecule is CN(C)[C@]1(c2ccccc2)CC[C@@]2(CC1)CN(CCc1cncnc1)C(=O)N2. The molecule has 148 valence electrons. The Kier molecular flexibility index (Phi) is 5.06. The molecule has 1 saturated heterocycles. The van der Waals surface area contributed by atoms with Crippen LogP contribution in [0.1, 0.15) is 36.8 Å². The van der Waals surface area contributed by atoms with Crippen molar-refractivity contribution in [1.82, 2.24) is 25.1 Å². The third-order valence-corrected chi connectivity index (χ3v) is 6.64. The summed E-state index contributed by atoms with van der Waals surface area (Å²) in [5.41, 5.74) is 2.39. The Morgan fingerprint density at radius 2 is 1.75 bits per heavy atom. The summed E-state index contributed by atoms with van der Waals surface area (Å²) in [4.78, 5) is 25.0. The van der Waals surface area contributed by atoms with Crippen LogP contribution in [0.25, 0.3) is 0 Å². The highest BCUT2D eigenvalue weighted by Gasteiger charge is 2.49. The van der Waals surface area contributed by atoms with E-state index in [1.807, 2.05) is 17.3 Å². The van der Waals surface area contributed by atoms with E-state index in [0.717, 1.165) is 44.2 Å². The molecule has 1 saturated carbocycles. The average molecular weight is 380 g/mol. The van der Waals surface area contributed by atoms with Crippen molar-refractivity contribution in [2.75, 3.05) is 27.2 Å². The minimum atomic E-state index is -0.0986. The molecule has 2 aliphatic rings. The summed E-state index contributed by atoms with van der Waals surface area (Å²) < 4.78 is 0. The molecule has 6 nitrogen and oxygen atoms in total. The predicted octanol–water partition coefficient (Wildman–Crippen LogP) is 2.81. The zero-order valence-corrected chi connectivity index (χ0v) is 16.8. The molecule has 0 radical (unpaired) electrons. The van der Waals surface area contributed by atoms with Crippen molar-refractivity contribution in [3.05, 3.63) is 60.2 Å². The first-order valence-corrected chi connectivity index (χ1v) is 10.1. The molecule has 1 N–H and O–H groups in total. The lowest BCUT2D eigenvalue weighted by Gasteiger charge is -2.48. The fraction of sp³-hybridized carbons (Fsp3) is 0.500. The lowest BCUT2D eigenvalue weighted by molar-refractivity contribution is 0.0620. The van der Waals surface area contributed by atoms with E-state index in [1.54, 1.807) is 0 Å². The van der Waals surface area contributed by atoms with E-state index in [-0.39, 0.29) is 17.1 Å². The highest BCUT2D eigenvalue weighted by Crippen LogP contribution is 2.45. The number of rotatable bonds is 5. The maximum absolute atomic E-state index is 12.6. The number of amides is 2. The Balaban J connectivity index is 1.43. The Morgan fingerprint density at radius 3 is 2.39 bits per heavy atom. The largest absolute Gasteiger partial charge is 0.331 e. The smallest absolute Gasteiger partial charge is 0.317 e. The maximum Gasteiger partial charge on any atom is 0.317 e. The first-order valence-electron chi connectivity index (χ1n) is 10.1. The second kappa shape index (κ2) is 7.51. The third kappa shape index (κ3) is 3.49. The van der Waals surface area contributed by atoms with Gasteiger partial charge in [0, 0.05) is 31.0 Å². The van der Waals surface area contributed by atoms with E-state index in [4.69, 9.17) is 0 Å². The number of aromatic nitrogens is 2. The summed E-state index contributed by atoms with van der Waals surface area (Å²) >= 11 is 0. The molecule has 1 aromatic heterocycles. The van der Waals surface area contributed by atoms with Crippen molar-refractivity contribution in [3.8, 4) is 0 Å². The number of benzene rings is 1. The Bertz CT molecular complexity index is 800. The van der Waals surface area contributed by atoms with Gasteiger partial charge in [-0.1, -0.05) is 30.3 Å². The number of carbonyl (C=O) groups is 1. The van der Waals surface area contributed by atoms with Crippen LogP contribution in [0.4, 0.5) is 4.79 Å². The molecule has 1 aliphatic carbocycles. The average Bonchev–Trinajstić information content (AvgIpc) is 3.03. The fourth-order valence-corrected chi connectivity index (χ4v) is 4.85. The van der Waals surface area contributed by atoms with E-state index in [0.29, 0.717) is 6.54 Å². The third-order valence-electron chi connectivity index (χ3n) is 6.64. The molecule has 0 unspecified atom stereocenters. The molecule has 1 aromatic carbocycles. The highest BCUT2D eigenvalue weighted by molar-refractivity contribution is 5.78. The van der Waals surface area contributed by atoms with Crippen LogP contribution in [0, 0.1) is 0 Å². The standard InChI is InChI=1S/C22H29N5O/c1-26(2)22(19-6-4-3-5-7-19)11-9-21(10-12-22)16-27(20(28)25-21)13-8-18-14-23-17-24-15-18/h3-7,14-15,17H,8-13,16H2,1-2H3,(H,25,28)/t21-,22-. The fourth-order valence-electron chi connectivity index (χ4n) is 4.85. The quantitative estimate of drug-likeness (QED) is 0.868. The van der Waals surface area contributed by atoms with Crippen LogP contribution < -0.4 is 5.32 Å². The van der Waals surface area contributed by atoms with Gasteiger partial charge in [0.2, 0.25) is 0 Å². The van der Waals surface area contributed by atoms with Crippen molar-refractivity contribution in [1.29, 1.82) is 0 Å². The summed E-state index contributed by atoms with van der Waals surface area (Å²) in [5.74, 6) is 0. The minimum Gasteiger partial charge on any atom is -0.331 e.